The Balaban J connectivity index is 1.31. The predicted molar refractivity (Wildman–Crippen MR) is 129 cm³/mol. The van der Waals surface area contributed by atoms with E-state index in [1.54, 1.807) is 23.1 Å². The number of sulfonamides is 1. The van der Waals surface area contributed by atoms with Crippen LogP contribution in [-0.4, -0.2) is 63.4 Å². The Hall–Kier alpha value is -3.34. The van der Waals surface area contributed by atoms with Gasteiger partial charge in [-0.3, -0.25) is 9.69 Å². The number of aromatic nitrogens is 4. The Labute approximate surface area is 197 Å². The van der Waals surface area contributed by atoms with E-state index in [0.29, 0.717) is 42.0 Å². The summed E-state index contributed by atoms with van der Waals surface area (Å²) in [5, 5.41) is 9.46. The highest BCUT2D eigenvalue weighted by Gasteiger charge is 2.30. The summed E-state index contributed by atoms with van der Waals surface area (Å²) in [6.45, 7) is 5.72. The van der Waals surface area contributed by atoms with Crippen molar-refractivity contribution in [2.75, 3.05) is 26.2 Å². The molecule has 0 spiro atoms. The van der Waals surface area contributed by atoms with Crippen LogP contribution in [0.15, 0.2) is 70.6 Å². The van der Waals surface area contributed by atoms with Crippen molar-refractivity contribution in [2.24, 2.45) is 0 Å². The second-order valence-electron chi connectivity index (χ2n) is 8.59. The van der Waals surface area contributed by atoms with Crippen LogP contribution in [0, 0.1) is 13.8 Å². The number of nitrogens with zero attached hydrogens (tertiary/aromatic N) is 6. The summed E-state index contributed by atoms with van der Waals surface area (Å²) < 4.78 is 30.9. The third kappa shape index (κ3) is 4.15. The molecule has 34 heavy (non-hydrogen) atoms. The first-order valence-electron chi connectivity index (χ1n) is 11.1. The number of fused-ring (bicyclic) bond motifs is 1. The van der Waals surface area contributed by atoms with Crippen LogP contribution in [0.25, 0.3) is 16.6 Å². The van der Waals surface area contributed by atoms with Crippen LogP contribution < -0.4 is 5.56 Å². The highest BCUT2D eigenvalue weighted by Crippen LogP contribution is 2.22. The Bertz CT molecular complexity index is 1500. The summed E-state index contributed by atoms with van der Waals surface area (Å²) >= 11 is 0. The molecule has 0 aliphatic carbocycles. The lowest BCUT2D eigenvalue weighted by atomic mass is 10.2. The minimum Gasteiger partial charge on any atom is -0.282 e. The van der Waals surface area contributed by atoms with E-state index in [1.807, 2.05) is 61.2 Å². The number of hydrogen-bond acceptors (Lipinski definition) is 6. The molecular formula is C24H26N6O3S. The number of benzene rings is 2. The minimum atomic E-state index is -3.56. The smallest absolute Gasteiger partial charge is 0.282 e. The van der Waals surface area contributed by atoms with E-state index in [0.717, 1.165) is 16.8 Å². The lowest BCUT2D eigenvalue weighted by Crippen LogP contribution is -2.49. The standard InChI is InChI=1S/C24H26N6O3S/c1-18-8-9-19(2)22(14-18)34(32,33)28-12-10-27(11-13-28)17-30-24(31)23-20(15-25-30)16-29(26-23)21-6-4-3-5-7-21/h3-9,14-16H,10-13,17H2,1-2H3. The van der Waals surface area contributed by atoms with Crippen molar-refractivity contribution >= 4 is 20.9 Å². The highest BCUT2D eigenvalue weighted by atomic mass is 32.2. The second kappa shape index (κ2) is 8.79. The van der Waals surface area contributed by atoms with Gasteiger partial charge in [0.2, 0.25) is 10.0 Å². The van der Waals surface area contributed by atoms with E-state index >= 15 is 0 Å². The van der Waals surface area contributed by atoms with E-state index in [-0.39, 0.29) is 12.2 Å². The highest BCUT2D eigenvalue weighted by molar-refractivity contribution is 7.89. The van der Waals surface area contributed by atoms with Crippen LogP contribution in [0.3, 0.4) is 0 Å². The van der Waals surface area contributed by atoms with Crippen LogP contribution in [0.5, 0.6) is 0 Å². The molecule has 176 valence electrons. The van der Waals surface area contributed by atoms with Crippen LogP contribution >= 0.6 is 0 Å². The van der Waals surface area contributed by atoms with Crippen molar-refractivity contribution in [3.8, 4) is 5.69 Å². The quantitative estimate of drug-likeness (QED) is 0.436. The summed E-state index contributed by atoms with van der Waals surface area (Å²) in [4.78, 5) is 15.4. The summed E-state index contributed by atoms with van der Waals surface area (Å²) in [5.41, 5.74) is 2.61. The van der Waals surface area contributed by atoms with Gasteiger partial charge >= 0.3 is 0 Å². The Morgan fingerprint density at radius 3 is 2.44 bits per heavy atom. The number of hydrogen-bond donors (Lipinski definition) is 0. The average Bonchev–Trinajstić information content (AvgIpc) is 3.29. The van der Waals surface area contributed by atoms with E-state index in [9.17, 15) is 13.2 Å². The number of piperazine rings is 1. The molecule has 0 unspecified atom stereocenters. The van der Waals surface area contributed by atoms with E-state index in [2.05, 4.69) is 10.2 Å². The first-order chi connectivity index (χ1) is 16.3. The molecule has 1 saturated heterocycles. The van der Waals surface area contributed by atoms with Gasteiger partial charge in [-0.25, -0.2) is 17.8 Å². The zero-order valence-electron chi connectivity index (χ0n) is 19.1. The van der Waals surface area contributed by atoms with Gasteiger partial charge in [-0.15, -0.1) is 0 Å². The SMILES string of the molecule is Cc1ccc(C)c(S(=O)(=O)N2CCN(Cn3ncc4cn(-c5ccccc5)nc4c3=O)CC2)c1. The second-order valence-corrected chi connectivity index (χ2v) is 10.5. The molecule has 2 aromatic carbocycles. The molecule has 0 bridgehead atoms. The fourth-order valence-electron chi connectivity index (χ4n) is 4.19. The van der Waals surface area contributed by atoms with Gasteiger partial charge < -0.3 is 0 Å². The van der Waals surface area contributed by atoms with Crippen molar-refractivity contribution in [3.63, 3.8) is 0 Å². The lowest BCUT2D eigenvalue weighted by molar-refractivity contribution is 0.143. The molecule has 1 aliphatic heterocycles. The van der Waals surface area contributed by atoms with Gasteiger partial charge in [0.15, 0.2) is 5.52 Å². The molecule has 5 rings (SSSR count). The fraction of sp³-hybridized carbons (Fsp3) is 0.292. The normalized spacial score (nSPS) is 15.7. The van der Waals surface area contributed by atoms with E-state index in [1.165, 1.54) is 8.99 Å². The first kappa shape index (κ1) is 22.5. The molecule has 0 amide bonds. The van der Waals surface area contributed by atoms with Gasteiger partial charge in [0.05, 0.1) is 23.4 Å². The molecule has 0 saturated carbocycles. The molecule has 2 aromatic heterocycles. The third-order valence-electron chi connectivity index (χ3n) is 6.16. The molecule has 9 nitrogen and oxygen atoms in total. The Morgan fingerprint density at radius 1 is 0.971 bits per heavy atom. The van der Waals surface area contributed by atoms with Crippen molar-refractivity contribution in [2.45, 2.75) is 25.4 Å². The maximum absolute atomic E-state index is 13.2. The largest absolute Gasteiger partial charge is 0.296 e. The molecular weight excluding hydrogens is 452 g/mol. The van der Waals surface area contributed by atoms with E-state index in [4.69, 9.17) is 0 Å². The molecule has 1 fully saturated rings. The molecule has 0 atom stereocenters. The van der Waals surface area contributed by atoms with Gasteiger partial charge in [-0.05, 0) is 43.2 Å². The summed E-state index contributed by atoms with van der Waals surface area (Å²) in [6.07, 6.45) is 3.44. The third-order valence-corrected chi connectivity index (χ3v) is 8.20. The van der Waals surface area contributed by atoms with Gasteiger partial charge in [-0.2, -0.15) is 14.5 Å². The summed E-state index contributed by atoms with van der Waals surface area (Å²) in [5.74, 6) is 0. The van der Waals surface area contributed by atoms with Crippen LogP contribution in [-0.2, 0) is 16.7 Å². The fourth-order valence-corrected chi connectivity index (χ4v) is 5.93. The molecule has 1 aliphatic rings. The topological polar surface area (TPSA) is 93.3 Å². The van der Waals surface area contributed by atoms with Crippen molar-refractivity contribution in [1.82, 2.24) is 28.8 Å². The molecule has 0 radical (unpaired) electrons. The first-order valence-corrected chi connectivity index (χ1v) is 12.6. The average molecular weight is 479 g/mol. The maximum Gasteiger partial charge on any atom is 0.296 e. The van der Waals surface area contributed by atoms with Crippen LogP contribution in [0.2, 0.25) is 0 Å². The van der Waals surface area contributed by atoms with Crippen LogP contribution in [0.4, 0.5) is 0 Å². The van der Waals surface area contributed by atoms with Gasteiger partial charge in [0.1, 0.15) is 0 Å². The van der Waals surface area contributed by atoms with Crippen LogP contribution in [0.1, 0.15) is 11.1 Å². The Kier molecular flexibility index (Phi) is 5.80. The van der Waals surface area contributed by atoms with Gasteiger partial charge in [0, 0.05) is 37.8 Å². The molecule has 3 heterocycles. The number of para-hydroxylation sites is 1. The van der Waals surface area contributed by atoms with Gasteiger partial charge in [0.25, 0.3) is 5.56 Å². The maximum atomic E-state index is 13.2. The monoisotopic (exact) mass is 478 g/mol. The zero-order chi connectivity index (χ0) is 23.9. The number of aryl methyl sites for hydroxylation is 2. The molecule has 4 aromatic rings. The van der Waals surface area contributed by atoms with Crippen molar-refractivity contribution in [1.29, 1.82) is 0 Å². The van der Waals surface area contributed by atoms with E-state index < -0.39 is 10.0 Å². The zero-order valence-corrected chi connectivity index (χ0v) is 19.9. The van der Waals surface area contributed by atoms with Gasteiger partial charge in [-0.1, -0.05) is 30.3 Å². The number of rotatable bonds is 5. The summed E-state index contributed by atoms with van der Waals surface area (Å²) in [7, 11) is -3.56. The van der Waals surface area contributed by atoms with Crippen molar-refractivity contribution < 1.29 is 8.42 Å². The molecule has 0 N–H and O–H groups in total. The van der Waals surface area contributed by atoms with Crippen molar-refractivity contribution in [3.05, 3.63) is 82.4 Å². The Morgan fingerprint density at radius 2 is 1.71 bits per heavy atom. The summed E-state index contributed by atoms with van der Waals surface area (Å²) in [6, 6.07) is 15.1. The lowest BCUT2D eigenvalue weighted by Gasteiger charge is -2.34. The molecule has 10 heteroatoms. The minimum absolute atomic E-state index is 0.266. The predicted octanol–water partition coefficient (Wildman–Crippen LogP) is 2.16.